The normalized spacial score (nSPS) is 14.6. The lowest BCUT2D eigenvalue weighted by atomic mass is 9.90. The topological polar surface area (TPSA) is 17.1 Å². The summed E-state index contributed by atoms with van der Waals surface area (Å²) in [7, 11) is 0. The van der Waals surface area contributed by atoms with E-state index >= 15 is 0 Å². The molecule has 0 atom stereocenters. The van der Waals surface area contributed by atoms with Crippen LogP contribution in [0.1, 0.15) is 54.6 Å². The Kier molecular flexibility index (Phi) is 6.52. The van der Waals surface area contributed by atoms with Gasteiger partial charge in [0, 0.05) is 11.1 Å². The van der Waals surface area contributed by atoms with Gasteiger partial charge in [0.05, 0.1) is 0 Å². The number of benzene rings is 1. The molecule has 0 fully saturated rings. The van der Waals surface area contributed by atoms with Gasteiger partial charge < -0.3 is 0 Å². The van der Waals surface area contributed by atoms with Crippen LogP contribution < -0.4 is 0 Å². The van der Waals surface area contributed by atoms with Crippen molar-refractivity contribution >= 4 is 5.78 Å². The number of allylic oxidation sites excluding steroid dienone is 8. The molecule has 2 rings (SSSR count). The van der Waals surface area contributed by atoms with E-state index in [0.717, 1.165) is 36.8 Å². The summed E-state index contributed by atoms with van der Waals surface area (Å²) < 4.78 is 0. The van der Waals surface area contributed by atoms with E-state index in [-0.39, 0.29) is 5.78 Å². The molecule has 0 unspecified atom stereocenters. The molecule has 25 heavy (non-hydrogen) atoms. The number of rotatable bonds is 7. The fourth-order valence-corrected chi connectivity index (χ4v) is 3.19. The van der Waals surface area contributed by atoms with E-state index in [4.69, 9.17) is 0 Å². The number of Topliss-reactive ketones (excluding diaryl/α,β-unsaturated/α-hetero) is 1. The molecule has 0 amide bonds. The predicted octanol–water partition coefficient (Wildman–Crippen LogP) is 6.47. The van der Waals surface area contributed by atoms with Crippen molar-refractivity contribution in [3.05, 3.63) is 94.6 Å². The van der Waals surface area contributed by atoms with Gasteiger partial charge in [-0.3, -0.25) is 4.79 Å². The summed E-state index contributed by atoms with van der Waals surface area (Å²) in [5.74, 6) is 0.0154. The van der Waals surface area contributed by atoms with Crippen LogP contribution in [-0.4, -0.2) is 5.78 Å². The second-order valence-electron chi connectivity index (χ2n) is 6.76. The molecule has 0 aromatic heterocycles. The minimum absolute atomic E-state index is 0.0154. The predicted molar refractivity (Wildman–Crippen MR) is 108 cm³/mol. The highest BCUT2D eigenvalue weighted by atomic mass is 16.1. The van der Waals surface area contributed by atoms with E-state index in [2.05, 4.69) is 39.2 Å². The first-order chi connectivity index (χ1) is 11.9. The van der Waals surface area contributed by atoms with Gasteiger partial charge in [-0.15, -0.1) is 0 Å². The fourth-order valence-electron chi connectivity index (χ4n) is 3.19. The quantitative estimate of drug-likeness (QED) is 0.318. The third-order valence-electron chi connectivity index (χ3n) is 4.78. The summed E-state index contributed by atoms with van der Waals surface area (Å²) in [5.41, 5.74) is 7.43. The second kappa shape index (κ2) is 8.62. The van der Waals surface area contributed by atoms with E-state index in [1.165, 1.54) is 22.3 Å². The van der Waals surface area contributed by atoms with Gasteiger partial charge in [-0.25, -0.2) is 0 Å². The van der Waals surface area contributed by atoms with Crippen LogP contribution >= 0.6 is 0 Å². The Morgan fingerprint density at radius 1 is 1.16 bits per heavy atom. The summed E-state index contributed by atoms with van der Waals surface area (Å²) in [5, 5.41) is 0. The summed E-state index contributed by atoms with van der Waals surface area (Å²) in [6.07, 6.45) is 12.3. The number of carbonyl (C=O) groups excluding carboxylic acids is 1. The van der Waals surface area contributed by atoms with Crippen LogP contribution in [0.3, 0.4) is 0 Å². The van der Waals surface area contributed by atoms with Crippen molar-refractivity contribution in [3.8, 4) is 0 Å². The van der Waals surface area contributed by atoms with E-state index in [9.17, 15) is 4.79 Å². The number of hydrogen-bond donors (Lipinski definition) is 0. The Morgan fingerprint density at radius 2 is 1.88 bits per heavy atom. The molecule has 0 N–H and O–H groups in total. The standard InChI is InChI=1S/C24H28O/c1-6-9-23(17(2)3)24(25)22-13-12-19(5)21(16-22)15-14-20-11-8-7-10-18(20)4/h6,9-13,16H,1-2,7-8,14-15H2,3-5H3/b23-9+. The van der Waals surface area contributed by atoms with Crippen LogP contribution in [0.2, 0.25) is 0 Å². The number of aryl methyl sites for hydroxylation is 2. The Morgan fingerprint density at radius 3 is 2.52 bits per heavy atom. The highest BCUT2D eigenvalue weighted by Gasteiger charge is 2.14. The minimum Gasteiger partial charge on any atom is -0.289 e. The Hall–Kier alpha value is -2.41. The molecule has 0 bridgehead atoms. The van der Waals surface area contributed by atoms with Crippen LogP contribution in [-0.2, 0) is 6.42 Å². The first-order valence-corrected chi connectivity index (χ1v) is 8.93. The van der Waals surface area contributed by atoms with Gasteiger partial charge in [0.2, 0.25) is 0 Å². The molecule has 0 saturated heterocycles. The van der Waals surface area contributed by atoms with Crippen molar-refractivity contribution in [2.24, 2.45) is 0 Å². The molecular formula is C24H28O. The minimum atomic E-state index is 0.0154. The maximum atomic E-state index is 12.8. The van der Waals surface area contributed by atoms with Crippen LogP contribution in [0, 0.1) is 6.92 Å². The lowest BCUT2D eigenvalue weighted by Gasteiger charge is -2.14. The van der Waals surface area contributed by atoms with Crippen molar-refractivity contribution < 1.29 is 4.79 Å². The molecule has 1 heteroatoms. The van der Waals surface area contributed by atoms with Gasteiger partial charge in [0.1, 0.15) is 0 Å². The monoisotopic (exact) mass is 332 g/mol. The fraction of sp³-hybridized carbons (Fsp3) is 0.292. The van der Waals surface area contributed by atoms with Crippen LogP contribution in [0.5, 0.6) is 0 Å². The highest BCUT2D eigenvalue weighted by molar-refractivity contribution is 6.11. The zero-order chi connectivity index (χ0) is 18.4. The molecule has 1 aromatic rings. The average Bonchev–Trinajstić information content (AvgIpc) is 2.59. The lowest BCUT2D eigenvalue weighted by Crippen LogP contribution is -2.06. The zero-order valence-corrected chi connectivity index (χ0v) is 15.7. The van der Waals surface area contributed by atoms with Gasteiger partial charge in [-0.1, -0.05) is 55.2 Å². The van der Waals surface area contributed by atoms with Crippen molar-refractivity contribution in [1.29, 1.82) is 0 Å². The number of carbonyl (C=O) groups is 1. The van der Waals surface area contributed by atoms with Gasteiger partial charge in [-0.05, 0) is 74.8 Å². The summed E-state index contributed by atoms with van der Waals surface area (Å²) >= 11 is 0. The molecule has 1 aliphatic rings. The third-order valence-corrected chi connectivity index (χ3v) is 4.78. The van der Waals surface area contributed by atoms with Gasteiger partial charge in [0.25, 0.3) is 0 Å². The summed E-state index contributed by atoms with van der Waals surface area (Å²) in [6, 6.07) is 6.00. The van der Waals surface area contributed by atoms with E-state index in [1.54, 1.807) is 12.2 Å². The maximum Gasteiger partial charge on any atom is 0.193 e. The summed E-state index contributed by atoms with van der Waals surface area (Å²) in [4.78, 5) is 12.8. The maximum absolute atomic E-state index is 12.8. The molecule has 1 nitrogen and oxygen atoms in total. The van der Waals surface area contributed by atoms with Crippen LogP contribution in [0.15, 0.2) is 78.0 Å². The summed E-state index contributed by atoms with van der Waals surface area (Å²) in [6.45, 7) is 13.8. The first kappa shape index (κ1) is 18.9. The van der Waals surface area contributed by atoms with Crippen molar-refractivity contribution in [2.75, 3.05) is 0 Å². The zero-order valence-electron chi connectivity index (χ0n) is 15.7. The molecule has 0 aliphatic heterocycles. The highest BCUT2D eigenvalue weighted by Crippen LogP contribution is 2.25. The van der Waals surface area contributed by atoms with Gasteiger partial charge in [-0.2, -0.15) is 0 Å². The SMILES string of the molecule is C=C/C=C(\C(=C)C)C(=O)c1ccc(C)c(CCC2=CCCC=C2C)c1. The Bertz CT molecular complexity index is 784. The molecule has 1 aliphatic carbocycles. The van der Waals surface area contributed by atoms with Gasteiger partial charge >= 0.3 is 0 Å². The van der Waals surface area contributed by atoms with Crippen molar-refractivity contribution in [3.63, 3.8) is 0 Å². The van der Waals surface area contributed by atoms with Gasteiger partial charge in [0.15, 0.2) is 5.78 Å². The molecule has 0 heterocycles. The molecule has 0 radical (unpaired) electrons. The lowest BCUT2D eigenvalue weighted by molar-refractivity contribution is 0.103. The molecule has 0 spiro atoms. The molecular weight excluding hydrogens is 304 g/mol. The van der Waals surface area contributed by atoms with E-state index in [1.807, 2.05) is 25.1 Å². The largest absolute Gasteiger partial charge is 0.289 e. The second-order valence-corrected chi connectivity index (χ2v) is 6.76. The van der Waals surface area contributed by atoms with Crippen LogP contribution in [0.25, 0.3) is 0 Å². The van der Waals surface area contributed by atoms with Crippen LogP contribution in [0.4, 0.5) is 0 Å². The molecule has 1 aromatic carbocycles. The van der Waals surface area contributed by atoms with Crippen molar-refractivity contribution in [1.82, 2.24) is 0 Å². The molecule has 0 saturated carbocycles. The molecule has 130 valence electrons. The average molecular weight is 332 g/mol. The number of ketones is 1. The first-order valence-electron chi connectivity index (χ1n) is 8.93. The van der Waals surface area contributed by atoms with E-state index in [0.29, 0.717) is 5.57 Å². The third kappa shape index (κ3) is 4.79. The smallest absolute Gasteiger partial charge is 0.193 e. The van der Waals surface area contributed by atoms with Crippen molar-refractivity contribution in [2.45, 2.75) is 46.5 Å². The Balaban J connectivity index is 2.22. The van der Waals surface area contributed by atoms with E-state index < -0.39 is 0 Å². The Labute approximate surface area is 152 Å². The number of hydrogen-bond acceptors (Lipinski definition) is 1.